The van der Waals surface area contributed by atoms with Crippen LogP contribution in [0.15, 0.2) is 77.9 Å². The van der Waals surface area contributed by atoms with Crippen molar-refractivity contribution in [1.82, 2.24) is 4.90 Å². The number of amides is 2. The Labute approximate surface area is 233 Å². The number of ether oxygens (including phenoxy) is 1. The minimum Gasteiger partial charge on any atom is -0.491 e. The number of hydrogen-bond donors (Lipinski definition) is 1. The molecule has 0 radical (unpaired) electrons. The van der Waals surface area contributed by atoms with E-state index >= 15 is 0 Å². The molecule has 6 rings (SSSR count). The normalized spacial score (nSPS) is 31.3. The van der Waals surface area contributed by atoms with Crippen molar-refractivity contribution in [2.24, 2.45) is 29.1 Å². The van der Waals surface area contributed by atoms with Gasteiger partial charge in [-0.15, -0.1) is 0 Å². The number of likely N-dealkylation sites (tertiary alicyclic amines) is 1. The summed E-state index contributed by atoms with van der Waals surface area (Å²) in [6, 6.07) is 16.9. The van der Waals surface area contributed by atoms with E-state index in [2.05, 4.69) is 0 Å². The molecule has 0 spiro atoms. The number of para-hydroxylation sites is 1. The maximum absolute atomic E-state index is 14.0. The number of allylic oxidation sites excluding steroid dienone is 4. The standard InChI is InChI=1S/C33H33NO6/c1-19-16-26(36)25-17-24-21(29(33(25,2)30(19)37)22-10-6-7-11-27(22)40-15-14-35)12-13-23-28(24)32(39)34(31(23)38)18-20-8-4-3-5-9-20/h3-12,16,23-25,28-29,35H,13-15,17-18H2,1-2H3/t23-,24+,25-,28-,29+,33+/m0/s1. The molecule has 0 aromatic heterocycles. The summed E-state index contributed by atoms with van der Waals surface area (Å²) in [5.74, 6) is -2.60. The van der Waals surface area contributed by atoms with Crippen LogP contribution >= 0.6 is 0 Å². The van der Waals surface area contributed by atoms with Gasteiger partial charge in [0, 0.05) is 17.4 Å². The van der Waals surface area contributed by atoms with Crippen molar-refractivity contribution in [3.63, 3.8) is 0 Å². The van der Waals surface area contributed by atoms with Crippen LogP contribution in [0.1, 0.15) is 43.7 Å². The summed E-state index contributed by atoms with van der Waals surface area (Å²) >= 11 is 0. The largest absolute Gasteiger partial charge is 0.491 e. The van der Waals surface area contributed by atoms with Gasteiger partial charge in [-0.05, 0) is 49.0 Å². The molecule has 2 fully saturated rings. The second-order valence-corrected chi connectivity index (χ2v) is 11.6. The SMILES string of the molecule is CC1=CC(=O)[C@@H]2C[C@@H]3C(=CC[C@@H]4C(=O)N(Cc5ccccc5)C(=O)[C@@H]43)[C@H](c3ccccc3OCCO)[C@]2(C)C1=O. The van der Waals surface area contributed by atoms with Crippen molar-refractivity contribution in [1.29, 1.82) is 0 Å². The van der Waals surface area contributed by atoms with Crippen molar-refractivity contribution in [2.75, 3.05) is 13.2 Å². The van der Waals surface area contributed by atoms with Crippen molar-refractivity contribution >= 4 is 23.4 Å². The van der Waals surface area contributed by atoms with Crippen LogP contribution in [0.5, 0.6) is 5.75 Å². The van der Waals surface area contributed by atoms with Crippen LogP contribution in [0.3, 0.4) is 0 Å². The van der Waals surface area contributed by atoms with Gasteiger partial charge < -0.3 is 9.84 Å². The summed E-state index contributed by atoms with van der Waals surface area (Å²) in [5, 5.41) is 9.44. The molecule has 3 aliphatic carbocycles. The van der Waals surface area contributed by atoms with Crippen LogP contribution in [0.4, 0.5) is 0 Å². The number of Topliss-reactive ketones (excluding diaryl/α,β-unsaturated/α-hetero) is 1. The Kier molecular flexibility index (Phi) is 6.57. The Balaban J connectivity index is 1.46. The predicted octanol–water partition coefficient (Wildman–Crippen LogP) is 4.01. The van der Waals surface area contributed by atoms with Crippen LogP contribution in [0, 0.1) is 29.1 Å². The van der Waals surface area contributed by atoms with Crippen LogP contribution < -0.4 is 4.74 Å². The minimum atomic E-state index is -1.07. The average molecular weight is 540 g/mol. The number of carbonyl (C=O) groups is 4. The number of fused-ring (bicyclic) bond motifs is 4. The summed E-state index contributed by atoms with van der Waals surface area (Å²) < 4.78 is 5.92. The molecule has 7 nitrogen and oxygen atoms in total. The van der Waals surface area contributed by atoms with Gasteiger partial charge in [0.2, 0.25) is 11.8 Å². The van der Waals surface area contributed by atoms with Gasteiger partial charge in [0.05, 0.1) is 30.4 Å². The maximum atomic E-state index is 14.0. The van der Waals surface area contributed by atoms with Gasteiger partial charge in [-0.1, -0.05) is 67.1 Å². The van der Waals surface area contributed by atoms with Gasteiger partial charge in [0.25, 0.3) is 0 Å². The van der Waals surface area contributed by atoms with Crippen molar-refractivity contribution in [3.8, 4) is 5.75 Å². The quantitative estimate of drug-likeness (QED) is 0.440. The summed E-state index contributed by atoms with van der Waals surface area (Å²) in [6.45, 7) is 3.69. The summed E-state index contributed by atoms with van der Waals surface area (Å²) in [6.07, 6.45) is 4.23. The van der Waals surface area contributed by atoms with Gasteiger partial charge in [0.1, 0.15) is 12.4 Å². The Bertz CT molecular complexity index is 1460. The molecule has 7 heteroatoms. The van der Waals surface area contributed by atoms with Crippen LogP contribution in [-0.2, 0) is 25.7 Å². The van der Waals surface area contributed by atoms with E-state index in [1.165, 1.54) is 11.0 Å². The lowest BCUT2D eigenvalue weighted by Gasteiger charge is -2.53. The number of benzene rings is 2. The van der Waals surface area contributed by atoms with E-state index in [-0.39, 0.29) is 49.1 Å². The molecule has 2 aromatic carbocycles. The van der Waals surface area contributed by atoms with E-state index in [9.17, 15) is 24.3 Å². The zero-order valence-corrected chi connectivity index (χ0v) is 22.7. The van der Waals surface area contributed by atoms with E-state index in [1.807, 2.05) is 67.6 Å². The summed E-state index contributed by atoms with van der Waals surface area (Å²) in [4.78, 5) is 56.4. The molecule has 0 unspecified atom stereocenters. The number of carbonyl (C=O) groups excluding carboxylic acids is 4. The van der Waals surface area contributed by atoms with Gasteiger partial charge >= 0.3 is 0 Å². The fourth-order valence-corrected chi connectivity index (χ4v) is 7.73. The minimum absolute atomic E-state index is 0.0833. The number of hydrogen-bond acceptors (Lipinski definition) is 6. The van der Waals surface area contributed by atoms with Gasteiger partial charge in [0.15, 0.2) is 11.6 Å². The summed E-state index contributed by atoms with van der Waals surface area (Å²) in [5.41, 5.74) is 1.93. The first-order valence-electron chi connectivity index (χ1n) is 14.0. The van der Waals surface area contributed by atoms with Gasteiger partial charge in [-0.3, -0.25) is 24.1 Å². The zero-order chi connectivity index (χ0) is 28.2. The Morgan fingerprint density at radius 1 is 0.975 bits per heavy atom. The molecule has 6 atom stereocenters. The third-order valence-electron chi connectivity index (χ3n) is 9.50. The van der Waals surface area contributed by atoms with Crippen molar-refractivity contribution < 1.29 is 29.0 Å². The van der Waals surface area contributed by atoms with E-state index in [0.717, 1.165) is 16.7 Å². The highest BCUT2D eigenvalue weighted by Crippen LogP contribution is 2.63. The Hall–Kier alpha value is -3.84. The third-order valence-corrected chi connectivity index (χ3v) is 9.50. The van der Waals surface area contributed by atoms with Crippen LogP contribution in [0.2, 0.25) is 0 Å². The van der Waals surface area contributed by atoms with E-state index in [1.54, 1.807) is 6.92 Å². The molecule has 1 aliphatic heterocycles. The molecular weight excluding hydrogens is 506 g/mol. The lowest BCUT2D eigenvalue weighted by atomic mass is 9.47. The average Bonchev–Trinajstić information content (AvgIpc) is 3.20. The number of ketones is 2. The highest BCUT2D eigenvalue weighted by atomic mass is 16.5. The molecule has 206 valence electrons. The van der Waals surface area contributed by atoms with E-state index < -0.39 is 29.1 Å². The molecular formula is C33H33NO6. The van der Waals surface area contributed by atoms with E-state index in [0.29, 0.717) is 24.2 Å². The molecule has 2 aromatic rings. The predicted molar refractivity (Wildman–Crippen MR) is 147 cm³/mol. The lowest BCUT2D eigenvalue weighted by Crippen LogP contribution is -2.54. The van der Waals surface area contributed by atoms with Crippen molar-refractivity contribution in [3.05, 3.63) is 89.0 Å². The first kappa shape index (κ1) is 26.4. The molecule has 4 aliphatic rings. The van der Waals surface area contributed by atoms with Crippen LogP contribution in [-0.4, -0.2) is 46.6 Å². The first-order chi connectivity index (χ1) is 19.3. The molecule has 2 amide bonds. The van der Waals surface area contributed by atoms with Gasteiger partial charge in [-0.25, -0.2) is 0 Å². The Morgan fingerprint density at radius 2 is 1.70 bits per heavy atom. The summed E-state index contributed by atoms with van der Waals surface area (Å²) in [7, 11) is 0. The van der Waals surface area contributed by atoms with Crippen molar-refractivity contribution in [2.45, 2.75) is 39.2 Å². The topological polar surface area (TPSA) is 101 Å². The fourth-order valence-electron chi connectivity index (χ4n) is 7.73. The first-order valence-corrected chi connectivity index (χ1v) is 14.0. The second-order valence-electron chi connectivity index (χ2n) is 11.6. The molecule has 40 heavy (non-hydrogen) atoms. The lowest BCUT2D eigenvalue weighted by molar-refractivity contribution is -0.142. The Morgan fingerprint density at radius 3 is 2.45 bits per heavy atom. The number of nitrogens with zero attached hydrogens (tertiary/aromatic N) is 1. The molecule has 1 saturated carbocycles. The molecule has 0 bridgehead atoms. The fraction of sp³-hybridized carbons (Fsp3) is 0.394. The number of aliphatic hydroxyl groups excluding tert-OH is 1. The number of rotatable bonds is 6. The second kappa shape index (κ2) is 9.97. The number of aliphatic hydroxyl groups is 1. The number of imide groups is 1. The smallest absolute Gasteiger partial charge is 0.234 e. The van der Waals surface area contributed by atoms with Gasteiger partial charge in [-0.2, -0.15) is 0 Å². The third kappa shape index (κ3) is 3.90. The highest BCUT2D eigenvalue weighted by Gasteiger charge is 2.63. The zero-order valence-electron chi connectivity index (χ0n) is 22.7. The monoisotopic (exact) mass is 539 g/mol. The molecule has 1 heterocycles. The van der Waals surface area contributed by atoms with E-state index in [4.69, 9.17) is 4.74 Å². The maximum Gasteiger partial charge on any atom is 0.234 e. The molecule has 1 saturated heterocycles. The molecule has 1 N–H and O–H groups in total. The van der Waals surface area contributed by atoms with Crippen LogP contribution in [0.25, 0.3) is 0 Å². The highest BCUT2D eigenvalue weighted by molar-refractivity contribution is 6.13.